The third kappa shape index (κ3) is 5.48. The molecule has 2 aliphatic rings. The van der Waals surface area contributed by atoms with Crippen LogP contribution in [-0.4, -0.2) is 67.7 Å². The number of halogens is 1. The van der Waals surface area contributed by atoms with E-state index in [1.807, 2.05) is 67.4 Å². The number of rotatable bonds is 6. The van der Waals surface area contributed by atoms with Crippen LogP contribution in [0.25, 0.3) is 16.9 Å². The van der Waals surface area contributed by atoms with E-state index in [2.05, 4.69) is 31.4 Å². The normalized spacial score (nSPS) is 14.8. The third-order valence-electron chi connectivity index (χ3n) is 8.63. The number of benzene rings is 2. The highest BCUT2D eigenvalue weighted by atomic mass is 35.5. The highest BCUT2D eigenvalue weighted by molar-refractivity contribution is 6.30. The summed E-state index contributed by atoms with van der Waals surface area (Å²) >= 11 is 6.28. The first-order valence-corrected chi connectivity index (χ1v) is 15.5. The average molecular weight is 624 g/mol. The fourth-order valence-electron chi connectivity index (χ4n) is 6.23. The molecule has 2 aromatic carbocycles. The van der Waals surface area contributed by atoms with Crippen LogP contribution in [0.3, 0.4) is 0 Å². The first kappa shape index (κ1) is 28.8. The molecule has 5 aromatic rings. The van der Waals surface area contributed by atoms with Gasteiger partial charge in [-0.3, -0.25) is 14.7 Å². The number of hydrogen-bond donors (Lipinski definition) is 2. The van der Waals surface area contributed by atoms with Crippen LogP contribution in [-0.2, 0) is 17.9 Å². The largest absolute Gasteiger partial charge is 0.368 e. The van der Waals surface area contributed by atoms with Crippen molar-refractivity contribution in [3.05, 3.63) is 88.3 Å². The lowest BCUT2D eigenvalue weighted by Crippen LogP contribution is -2.48. The minimum atomic E-state index is -0.296. The van der Waals surface area contributed by atoms with Gasteiger partial charge in [-0.25, -0.2) is 9.50 Å². The van der Waals surface area contributed by atoms with Crippen molar-refractivity contribution in [1.82, 2.24) is 29.7 Å². The molecule has 12 heteroatoms. The van der Waals surface area contributed by atoms with Crippen LogP contribution in [0.4, 0.5) is 17.2 Å². The van der Waals surface area contributed by atoms with E-state index in [1.54, 1.807) is 17.6 Å². The van der Waals surface area contributed by atoms with E-state index < -0.39 is 0 Å². The van der Waals surface area contributed by atoms with E-state index in [4.69, 9.17) is 21.7 Å². The summed E-state index contributed by atoms with van der Waals surface area (Å²) in [5.41, 5.74) is 7.50. The van der Waals surface area contributed by atoms with Gasteiger partial charge in [0.05, 0.1) is 11.9 Å². The fraction of sp³-hybridized carbons (Fsp3) is 0.303. The van der Waals surface area contributed by atoms with Gasteiger partial charge in [-0.2, -0.15) is 10.2 Å². The van der Waals surface area contributed by atoms with Gasteiger partial charge in [0.2, 0.25) is 5.91 Å². The van der Waals surface area contributed by atoms with E-state index in [0.717, 1.165) is 41.4 Å². The number of piperazine rings is 1. The van der Waals surface area contributed by atoms with E-state index in [9.17, 15) is 9.59 Å². The maximum atomic E-state index is 13.8. The predicted molar refractivity (Wildman–Crippen MR) is 175 cm³/mol. The number of nitrogens with zero attached hydrogens (tertiary/aromatic N) is 7. The molecule has 0 saturated carbocycles. The van der Waals surface area contributed by atoms with Crippen molar-refractivity contribution in [1.29, 1.82) is 0 Å². The Labute approximate surface area is 265 Å². The van der Waals surface area contributed by atoms with Crippen LogP contribution in [0.2, 0.25) is 5.02 Å². The molecule has 0 spiro atoms. The molecule has 2 aliphatic heterocycles. The molecule has 45 heavy (non-hydrogen) atoms. The lowest BCUT2D eigenvalue weighted by atomic mass is 10.0. The number of hydrogen-bond acceptors (Lipinski definition) is 7. The Kier molecular flexibility index (Phi) is 7.40. The molecule has 2 amide bonds. The van der Waals surface area contributed by atoms with Crippen LogP contribution < -0.4 is 15.1 Å². The van der Waals surface area contributed by atoms with Gasteiger partial charge in [0.25, 0.3) is 5.91 Å². The summed E-state index contributed by atoms with van der Waals surface area (Å²) in [7, 11) is 0. The molecule has 0 unspecified atom stereocenters. The molecular weight excluding hydrogens is 590 g/mol. The molecule has 0 bridgehead atoms. The molecular formula is C33H34ClN9O2. The molecule has 0 aliphatic carbocycles. The van der Waals surface area contributed by atoms with Gasteiger partial charge in [0.15, 0.2) is 11.3 Å². The Hall–Kier alpha value is -4.90. The van der Waals surface area contributed by atoms with Gasteiger partial charge >= 0.3 is 0 Å². The van der Waals surface area contributed by atoms with E-state index >= 15 is 0 Å². The van der Waals surface area contributed by atoms with Gasteiger partial charge in [-0.05, 0) is 53.4 Å². The van der Waals surface area contributed by atoms with Crippen LogP contribution >= 0.6 is 11.6 Å². The zero-order chi connectivity index (χ0) is 31.2. The lowest BCUT2D eigenvalue weighted by molar-refractivity contribution is -0.129. The highest BCUT2D eigenvalue weighted by Crippen LogP contribution is 2.35. The summed E-state index contributed by atoms with van der Waals surface area (Å²) in [6, 6.07) is 15.8. The van der Waals surface area contributed by atoms with Crippen molar-refractivity contribution in [2.75, 3.05) is 41.3 Å². The Balaban J connectivity index is 1.20. The number of aromatic amines is 1. The smallest absolute Gasteiger partial charge is 0.276 e. The third-order valence-corrected chi connectivity index (χ3v) is 8.86. The highest BCUT2D eigenvalue weighted by Gasteiger charge is 2.28. The molecule has 7 rings (SSSR count). The zero-order valence-corrected chi connectivity index (χ0v) is 26.2. The number of H-pyrrole nitrogens is 1. The molecule has 1 saturated heterocycles. The SMILES string of the molecule is CC(=O)N1CCN(c2ccc(NC(=O)c3nn4c(-c5cn[nH]c5)cc(N5Cc6ccc(Cl)cc6C5)nc4c3C(C)C)cc2)CC1. The van der Waals surface area contributed by atoms with Crippen LogP contribution in [0.15, 0.2) is 60.9 Å². The van der Waals surface area contributed by atoms with Crippen molar-refractivity contribution >= 4 is 46.3 Å². The van der Waals surface area contributed by atoms with Crippen LogP contribution in [0.5, 0.6) is 0 Å². The summed E-state index contributed by atoms with van der Waals surface area (Å²) in [4.78, 5) is 36.9. The number of nitrogens with one attached hydrogen (secondary N) is 2. The first-order valence-electron chi connectivity index (χ1n) is 15.1. The number of carbonyl (C=O) groups excluding carboxylic acids is 2. The minimum absolute atomic E-state index is 0.0196. The van der Waals surface area contributed by atoms with Gasteiger partial charge in [0, 0.05) is 86.0 Å². The van der Waals surface area contributed by atoms with Crippen molar-refractivity contribution < 1.29 is 9.59 Å². The second-order valence-corrected chi connectivity index (χ2v) is 12.3. The summed E-state index contributed by atoms with van der Waals surface area (Å²) in [6.07, 6.45) is 3.56. The van der Waals surface area contributed by atoms with Crippen molar-refractivity contribution in [2.45, 2.75) is 39.8 Å². The Morgan fingerprint density at radius 1 is 0.956 bits per heavy atom. The van der Waals surface area contributed by atoms with Crippen molar-refractivity contribution in [2.24, 2.45) is 0 Å². The number of anilines is 3. The Morgan fingerprint density at radius 2 is 1.71 bits per heavy atom. The van der Waals surface area contributed by atoms with E-state index in [-0.39, 0.29) is 17.7 Å². The van der Waals surface area contributed by atoms with Crippen LogP contribution in [0.1, 0.15) is 53.9 Å². The maximum absolute atomic E-state index is 13.8. The quantitative estimate of drug-likeness (QED) is 0.262. The molecule has 11 nitrogen and oxygen atoms in total. The average Bonchev–Trinajstić information content (AvgIpc) is 3.79. The molecule has 0 atom stereocenters. The predicted octanol–water partition coefficient (Wildman–Crippen LogP) is 5.34. The van der Waals surface area contributed by atoms with Crippen molar-refractivity contribution in [3.63, 3.8) is 0 Å². The monoisotopic (exact) mass is 623 g/mol. The van der Waals surface area contributed by atoms with E-state index in [1.165, 1.54) is 11.1 Å². The molecule has 3 aromatic heterocycles. The summed E-state index contributed by atoms with van der Waals surface area (Å²) in [5, 5.41) is 15.7. The number of carbonyl (C=O) groups is 2. The standard InChI is InChI=1S/C33H34ClN9O2/c1-20(2)30-31(33(45)37-26-6-8-27(9-7-26)41-12-10-40(11-13-41)21(3)44)39-43-28(24-16-35-36-17-24)15-29(38-32(30)43)42-18-22-4-5-25(34)14-23(22)19-42/h4-9,14-17,20H,10-13,18-19H2,1-3H3,(H,35,36)(H,37,45). The number of aromatic nitrogens is 5. The minimum Gasteiger partial charge on any atom is -0.368 e. The molecule has 230 valence electrons. The van der Waals surface area contributed by atoms with Gasteiger partial charge in [-0.1, -0.05) is 31.5 Å². The number of fused-ring (bicyclic) bond motifs is 2. The second kappa shape index (κ2) is 11.6. The zero-order valence-electron chi connectivity index (χ0n) is 25.4. The Bertz CT molecular complexity index is 1890. The summed E-state index contributed by atoms with van der Waals surface area (Å²) in [5.74, 6) is 0.582. The molecule has 5 heterocycles. The fourth-order valence-corrected chi connectivity index (χ4v) is 6.42. The van der Waals surface area contributed by atoms with Gasteiger partial charge in [-0.15, -0.1) is 0 Å². The van der Waals surface area contributed by atoms with Gasteiger partial charge < -0.3 is 20.0 Å². The second-order valence-electron chi connectivity index (χ2n) is 11.9. The summed E-state index contributed by atoms with van der Waals surface area (Å²) in [6.45, 7) is 10.1. The molecule has 2 N–H and O–H groups in total. The van der Waals surface area contributed by atoms with E-state index in [0.29, 0.717) is 48.2 Å². The Morgan fingerprint density at radius 3 is 2.40 bits per heavy atom. The van der Waals surface area contributed by atoms with Crippen LogP contribution in [0, 0.1) is 0 Å². The van der Waals surface area contributed by atoms with Crippen molar-refractivity contribution in [3.8, 4) is 11.3 Å². The number of amides is 2. The van der Waals surface area contributed by atoms with Gasteiger partial charge in [0.1, 0.15) is 5.82 Å². The first-order chi connectivity index (χ1) is 21.7. The maximum Gasteiger partial charge on any atom is 0.276 e. The molecule has 0 radical (unpaired) electrons. The lowest BCUT2D eigenvalue weighted by Gasteiger charge is -2.35. The topological polar surface area (TPSA) is 115 Å². The molecule has 1 fully saturated rings. The summed E-state index contributed by atoms with van der Waals surface area (Å²) < 4.78 is 1.75.